The molecule has 3 N–H and O–H groups in total. The number of benzene rings is 1. The molecule has 0 unspecified atom stereocenters. The maximum atomic E-state index is 11.9. The highest BCUT2D eigenvalue weighted by atomic mass is 32.2. The van der Waals surface area contributed by atoms with Crippen LogP contribution < -0.4 is 15.0 Å². The number of pyridine rings is 1. The van der Waals surface area contributed by atoms with E-state index in [1.54, 1.807) is 6.07 Å². The Balaban J connectivity index is 2.22. The first kappa shape index (κ1) is 15.7. The minimum absolute atomic E-state index is 0.0434. The van der Waals surface area contributed by atoms with Gasteiger partial charge in [0, 0.05) is 24.2 Å². The van der Waals surface area contributed by atoms with Crippen LogP contribution in [0, 0.1) is 6.92 Å². The van der Waals surface area contributed by atoms with Gasteiger partial charge in [-0.3, -0.25) is 4.79 Å². The van der Waals surface area contributed by atoms with Gasteiger partial charge in [0.15, 0.2) is 0 Å². The van der Waals surface area contributed by atoms with Crippen molar-refractivity contribution in [3.05, 3.63) is 45.7 Å². The van der Waals surface area contributed by atoms with Crippen LogP contribution in [0.25, 0.3) is 10.9 Å². The van der Waals surface area contributed by atoms with E-state index in [0.29, 0.717) is 18.5 Å². The molecule has 0 spiro atoms. The van der Waals surface area contributed by atoms with Crippen molar-refractivity contribution < 1.29 is 8.42 Å². The Morgan fingerprint density at radius 3 is 2.67 bits per heavy atom. The Bertz CT molecular complexity index is 797. The second-order valence-corrected chi connectivity index (χ2v) is 6.52. The van der Waals surface area contributed by atoms with E-state index in [-0.39, 0.29) is 12.1 Å². The molecule has 21 heavy (non-hydrogen) atoms. The van der Waals surface area contributed by atoms with Crippen LogP contribution in [0.3, 0.4) is 0 Å². The fourth-order valence-corrected chi connectivity index (χ4v) is 2.88. The number of aromatic nitrogens is 1. The average molecular weight is 309 g/mol. The van der Waals surface area contributed by atoms with Gasteiger partial charge in [0.1, 0.15) is 0 Å². The molecule has 0 saturated heterocycles. The molecule has 0 radical (unpaired) electrons. The quantitative estimate of drug-likeness (QED) is 0.748. The summed E-state index contributed by atoms with van der Waals surface area (Å²) in [6.45, 7) is 4.15. The van der Waals surface area contributed by atoms with Crippen LogP contribution in [0.5, 0.6) is 0 Å². The molecule has 0 aliphatic rings. The SMILES string of the molecule is CCCNS(=O)(=O)NCc1cc2cc(C)ccc2[nH]c1=O. The van der Waals surface area contributed by atoms with E-state index in [9.17, 15) is 13.2 Å². The fraction of sp³-hybridized carbons (Fsp3) is 0.357. The summed E-state index contributed by atoms with van der Waals surface area (Å²) in [4.78, 5) is 14.7. The fourth-order valence-electron chi connectivity index (χ4n) is 1.96. The van der Waals surface area contributed by atoms with Crippen LogP contribution in [0.4, 0.5) is 0 Å². The monoisotopic (exact) mass is 309 g/mol. The second kappa shape index (κ2) is 6.38. The predicted molar refractivity (Wildman–Crippen MR) is 83.4 cm³/mol. The Morgan fingerprint density at radius 2 is 1.95 bits per heavy atom. The van der Waals surface area contributed by atoms with Gasteiger partial charge in [0.25, 0.3) is 15.8 Å². The largest absolute Gasteiger partial charge is 0.322 e. The topological polar surface area (TPSA) is 91.1 Å². The number of rotatable bonds is 6. The standard InChI is InChI=1S/C14H19N3O3S/c1-3-6-15-21(19,20)16-9-12-8-11-7-10(2)4-5-13(11)17-14(12)18/h4-5,7-8,15-16H,3,6,9H2,1-2H3,(H,17,18). The van der Waals surface area contributed by atoms with Gasteiger partial charge in [-0.1, -0.05) is 18.6 Å². The zero-order valence-corrected chi connectivity index (χ0v) is 12.9. The molecule has 1 heterocycles. The molecule has 0 fully saturated rings. The summed E-state index contributed by atoms with van der Waals surface area (Å²) in [5, 5.41) is 0.880. The summed E-state index contributed by atoms with van der Waals surface area (Å²) in [6, 6.07) is 7.40. The average Bonchev–Trinajstić information content (AvgIpc) is 2.43. The lowest BCUT2D eigenvalue weighted by Gasteiger charge is -2.08. The van der Waals surface area contributed by atoms with E-state index in [1.807, 2.05) is 32.0 Å². The predicted octanol–water partition coefficient (Wildman–Crippen LogP) is 1.17. The van der Waals surface area contributed by atoms with E-state index >= 15 is 0 Å². The van der Waals surface area contributed by atoms with E-state index in [1.165, 1.54) is 0 Å². The van der Waals surface area contributed by atoms with Crippen molar-refractivity contribution >= 4 is 21.1 Å². The number of aromatic amines is 1. The molecule has 0 atom stereocenters. The number of fused-ring (bicyclic) bond motifs is 1. The van der Waals surface area contributed by atoms with Crippen molar-refractivity contribution in [2.24, 2.45) is 0 Å². The molecular weight excluding hydrogens is 290 g/mol. The van der Waals surface area contributed by atoms with Crippen LogP contribution in [-0.2, 0) is 16.8 Å². The summed E-state index contributed by atoms with van der Waals surface area (Å²) in [6.07, 6.45) is 0.705. The Labute approximate surface area is 123 Å². The van der Waals surface area contributed by atoms with Crippen molar-refractivity contribution in [3.63, 3.8) is 0 Å². The lowest BCUT2D eigenvalue weighted by molar-refractivity contribution is 0.565. The first-order valence-corrected chi connectivity index (χ1v) is 8.26. The summed E-state index contributed by atoms with van der Waals surface area (Å²) < 4.78 is 28.1. The van der Waals surface area contributed by atoms with Crippen molar-refractivity contribution in [1.29, 1.82) is 0 Å². The minimum atomic E-state index is -3.57. The minimum Gasteiger partial charge on any atom is -0.322 e. The molecule has 0 saturated carbocycles. The summed E-state index contributed by atoms with van der Waals surface area (Å²) in [5.74, 6) is 0. The molecule has 0 bridgehead atoms. The van der Waals surface area contributed by atoms with Gasteiger partial charge in [-0.05, 0) is 36.9 Å². The van der Waals surface area contributed by atoms with Crippen molar-refractivity contribution in [3.8, 4) is 0 Å². The van der Waals surface area contributed by atoms with Gasteiger partial charge < -0.3 is 4.98 Å². The van der Waals surface area contributed by atoms with Gasteiger partial charge in [-0.15, -0.1) is 0 Å². The highest BCUT2D eigenvalue weighted by Gasteiger charge is 2.10. The van der Waals surface area contributed by atoms with Crippen molar-refractivity contribution in [2.45, 2.75) is 26.8 Å². The number of H-pyrrole nitrogens is 1. The van der Waals surface area contributed by atoms with E-state index in [2.05, 4.69) is 14.4 Å². The van der Waals surface area contributed by atoms with Crippen molar-refractivity contribution in [2.75, 3.05) is 6.54 Å². The molecule has 0 aliphatic carbocycles. The molecule has 7 heteroatoms. The Kier molecular flexibility index (Phi) is 4.76. The van der Waals surface area contributed by atoms with Gasteiger partial charge in [0.2, 0.25) is 0 Å². The molecule has 2 aromatic rings. The third kappa shape index (κ3) is 4.13. The van der Waals surface area contributed by atoms with E-state index in [4.69, 9.17) is 0 Å². The van der Waals surface area contributed by atoms with Gasteiger partial charge >= 0.3 is 0 Å². The molecule has 114 valence electrons. The maximum Gasteiger partial charge on any atom is 0.277 e. The molecule has 1 aromatic heterocycles. The third-order valence-electron chi connectivity index (χ3n) is 3.07. The summed E-state index contributed by atoms with van der Waals surface area (Å²) in [7, 11) is -3.57. The zero-order valence-electron chi connectivity index (χ0n) is 12.1. The number of hydrogen-bond acceptors (Lipinski definition) is 3. The highest BCUT2D eigenvalue weighted by molar-refractivity contribution is 7.87. The van der Waals surface area contributed by atoms with E-state index in [0.717, 1.165) is 16.5 Å². The van der Waals surface area contributed by atoms with Gasteiger partial charge in [0.05, 0.1) is 0 Å². The van der Waals surface area contributed by atoms with Crippen LogP contribution in [0.1, 0.15) is 24.5 Å². The molecule has 6 nitrogen and oxygen atoms in total. The van der Waals surface area contributed by atoms with E-state index < -0.39 is 10.2 Å². The Morgan fingerprint density at radius 1 is 1.19 bits per heavy atom. The van der Waals surface area contributed by atoms with Crippen molar-refractivity contribution in [1.82, 2.24) is 14.4 Å². The highest BCUT2D eigenvalue weighted by Crippen LogP contribution is 2.13. The number of hydrogen-bond donors (Lipinski definition) is 3. The molecular formula is C14H19N3O3S. The normalized spacial score (nSPS) is 11.9. The maximum absolute atomic E-state index is 11.9. The van der Waals surface area contributed by atoms with Crippen LogP contribution in [0.2, 0.25) is 0 Å². The van der Waals surface area contributed by atoms with Crippen LogP contribution in [-0.4, -0.2) is 19.9 Å². The first-order chi connectivity index (χ1) is 9.91. The summed E-state index contributed by atoms with van der Waals surface area (Å²) >= 11 is 0. The van der Waals surface area contributed by atoms with Gasteiger partial charge in [-0.2, -0.15) is 13.1 Å². The molecule has 1 aromatic carbocycles. The molecule has 2 rings (SSSR count). The summed E-state index contributed by atoms with van der Waals surface area (Å²) in [5.41, 5.74) is 1.91. The zero-order chi connectivity index (χ0) is 15.5. The molecule has 0 amide bonds. The number of nitrogens with one attached hydrogen (secondary N) is 3. The lowest BCUT2D eigenvalue weighted by atomic mass is 10.1. The van der Waals surface area contributed by atoms with Gasteiger partial charge in [-0.25, -0.2) is 4.72 Å². The van der Waals surface area contributed by atoms with Crippen LogP contribution in [0.15, 0.2) is 29.1 Å². The number of aryl methyl sites for hydroxylation is 1. The lowest BCUT2D eigenvalue weighted by Crippen LogP contribution is -2.37. The third-order valence-corrected chi connectivity index (χ3v) is 4.18. The Hall–Kier alpha value is -1.70. The smallest absolute Gasteiger partial charge is 0.277 e. The first-order valence-electron chi connectivity index (χ1n) is 6.78. The molecule has 0 aliphatic heterocycles. The second-order valence-electron chi connectivity index (χ2n) is 4.93. The van der Waals surface area contributed by atoms with Crippen LogP contribution >= 0.6 is 0 Å².